The zero-order valence-corrected chi connectivity index (χ0v) is 14.8. The molecule has 2 unspecified atom stereocenters. The summed E-state index contributed by atoms with van der Waals surface area (Å²) >= 11 is 0. The average Bonchev–Trinajstić information content (AvgIpc) is 3.11. The van der Waals surface area contributed by atoms with E-state index in [0.29, 0.717) is 11.6 Å². The summed E-state index contributed by atoms with van der Waals surface area (Å²) in [6.07, 6.45) is 3.81. The van der Waals surface area contributed by atoms with Crippen molar-refractivity contribution in [1.29, 1.82) is 5.26 Å². The van der Waals surface area contributed by atoms with Crippen LogP contribution in [-0.2, 0) is 0 Å². The van der Waals surface area contributed by atoms with Gasteiger partial charge in [0.2, 0.25) is 0 Å². The van der Waals surface area contributed by atoms with Crippen LogP contribution in [-0.4, -0.2) is 22.5 Å². The third-order valence-corrected chi connectivity index (χ3v) is 5.08. The van der Waals surface area contributed by atoms with Crippen LogP contribution in [0.5, 0.6) is 5.75 Å². The monoisotopic (exact) mass is 343 g/mol. The highest BCUT2D eigenvalue weighted by Gasteiger charge is 2.31. The molecule has 2 aromatic carbocycles. The summed E-state index contributed by atoms with van der Waals surface area (Å²) in [7, 11) is 0. The van der Waals surface area contributed by atoms with Gasteiger partial charge in [-0.15, -0.1) is 0 Å². The molecule has 1 saturated heterocycles. The van der Waals surface area contributed by atoms with Gasteiger partial charge in [0.05, 0.1) is 17.1 Å². The van der Waals surface area contributed by atoms with Gasteiger partial charge in [0.1, 0.15) is 5.75 Å². The van der Waals surface area contributed by atoms with Gasteiger partial charge in [0, 0.05) is 35.8 Å². The van der Waals surface area contributed by atoms with Gasteiger partial charge in [0.15, 0.2) is 6.23 Å². The predicted molar refractivity (Wildman–Crippen MR) is 102 cm³/mol. The van der Waals surface area contributed by atoms with Crippen molar-refractivity contribution >= 4 is 10.9 Å². The van der Waals surface area contributed by atoms with E-state index in [9.17, 15) is 5.26 Å². The fourth-order valence-corrected chi connectivity index (χ4v) is 3.68. The summed E-state index contributed by atoms with van der Waals surface area (Å²) in [4.78, 5) is 6.77. The van der Waals surface area contributed by atoms with E-state index >= 15 is 0 Å². The Morgan fingerprint density at radius 1 is 1.19 bits per heavy atom. The van der Waals surface area contributed by atoms with E-state index in [0.717, 1.165) is 41.6 Å². The van der Waals surface area contributed by atoms with Crippen LogP contribution < -0.4 is 4.74 Å². The van der Waals surface area contributed by atoms with Crippen LogP contribution in [0.4, 0.5) is 0 Å². The molecule has 26 heavy (non-hydrogen) atoms. The van der Waals surface area contributed by atoms with Gasteiger partial charge in [0.25, 0.3) is 0 Å². The zero-order chi connectivity index (χ0) is 17.9. The van der Waals surface area contributed by atoms with Crippen molar-refractivity contribution in [3.8, 4) is 11.8 Å². The molecule has 4 nitrogen and oxygen atoms in total. The number of pyridine rings is 1. The molecule has 0 amide bonds. The van der Waals surface area contributed by atoms with Crippen molar-refractivity contribution in [2.24, 2.45) is 0 Å². The molecule has 1 aliphatic heterocycles. The second-order valence-corrected chi connectivity index (χ2v) is 6.76. The highest BCUT2D eigenvalue weighted by atomic mass is 16.5. The molecule has 1 fully saturated rings. The van der Waals surface area contributed by atoms with Gasteiger partial charge in [-0.05, 0) is 44.0 Å². The third-order valence-electron chi connectivity index (χ3n) is 5.08. The number of hydrogen-bond donors (Lipinski definition) is 0. The topological polar surface area (TPSA) is 49.1 Å². The lowest BCUT2D eigenvalue weighted by atomic mass is 10.1. The van der Waals surface area contributed by atoms with E-state index in [4.69, 9.17) is 4.74 Å². The van der Waals surface area contributed by atoms with Crippen LogP contribution in [0.1, 0.15) is 37.1 Å². The van der Waals surface area contributed by atoms with E-state index in [2.05, 4.69) is 22.9 Å². The fraction of sp³-hybridized carbons (Fsp3) is 0.273. The summed E-state index contributed by atoms with van der Waals surface area (Å²) in [5.74, 6) is 0.771. The average molecular weight is 343 g/mol. The number of likely N-dealkylation sites (tertiary alicyclic amines) is 1. The first-order chi connectivity index (χ1) is 12.8. The maximum Gasteiger partial charge on any atom is 0.180 e. The van der Waals surface area contributed by atoms with Crippen LogP contribution >= 0.6 is 0 Å². The molecule has 4 rings (SSSR count). The molecule has 4 heteroatoms. The maximum absolute atomic E-state index is 9.55. The molecular formula is C22H21N3O. The van der Waals surface area contributed by atoms with Crippen LogP contribution in [0.3, 0.4) is 0 Å². The minimum absolute atomic E-state index is 0.274. The number of rotatable bonds is 4. The van der Waals surface area contributed by atoms with Crippen LogP contribution in [0.25, 0.3) is 10.9 Å². The first kappa shape index (κ1) is 16.6. The molecule has 0 radical (unpaired) electrons. The second-order valence-electron chi connectivity index (χ2n) is 6.76. The molecule has 0 spiro atoms. The van der Waals surface area contributed by atoms with E-state index < -0.39 is 0 Å². The van der Waals surface area contributed by atoms with Crippen molar-refractivity contribution < 1.29 is 4.74 Å². The number of ether oxygens (including phenoxy) is 1. The summed E-state index contributed by atoms with van der Waals surface area (Å²) in [6, 6.07) is 20.4. The Morgan fingerprint density at radius 2 is 2.08 bits per heavy atom. The van der Waals surface area contributed by atoms with Gasteiger partial charge in [-0.2, -0.15) is 5.26 Å². The molecule has 0 bridgehead atoms. The lowest BCUT2D eigenvalue weighted by molar-refractivity contribution is 0.0185. The van der Waals surface area contributed by atoms with E-state index in [1.54, 1.807) is 6.20 Å². The van der Waals surface area contributed by atoms with Crippen molar-refractivity contribution in [1.82, 2.24) is 9.88 Å². The Labute approximate surface area is 153 Å². The molecule has 2 atom stereocenters. The molecule has 2 heterocycles. The van der Waals surface area contributed by atoms with Crippen LogP contribution in [0.2, 0.25) is 0 Å². The van der Waals surface area contributed by atoms with E-state index in [1.807, 2.05) is 54.6 Å². The number of aromatic nitrogens is 1. The Bertz CT molecular complexity index is 963. The quantitative estimate of drug-likeness (QED) is 0.691. The van der Waals surface area contributed by atoms with Crippen molar-refractivity contribution in [3.63, 3.8) is 0 Å². The molecule has 0 saturated carbocycles. The Hall–Kier alpha value is -2.90. The number of fused-ring (bicyclic) bond motifs is 1. The second kappa shape index (κ2) is 7.15. The summed E-state index contributed by atoms with van der Waals surface area (Å²) in [5.41, 5.74) is 2.49. The number of benzene rings is 2. The highest BCUT2D eigenvalue weighted by molar-refractivity contribution is 5.79. The Balaban J connectivity index is 1.73. The molecule has 1 aliphatic rings. The fourth-order valence-electron chi connectivity index (χ4n) is 3.68. The molecule has 1 aromatic heterocycles. The largest absolute Gasteiger partial charge is 0.471 e. The molecule has 130 valence electrons. The first-order valence-electron chi connectivity index (χ1n) is 9.02. The summed E-state index contributed by atoms with van der Waals surface area (Å²) < 4.78 is 6.44. The Morgan fingerprint density at radius 3 is 2.88 bits per heavy atom. The van der Waals surface area contributed by atoms with Crippen molar-refractivity contribution in [2.75, 3.05) is 6.54 Å². The van der Waals surface area contributed by atoms with Crippen molar-refractivity contribution in [2.45, 2.75) is 32.0 Å². The van der Waals surface area contributed by atoms with Gasteiger partial charge >= 0.3 is 0 Å². The minimum Gasteiger partial charge on any atom is -0.471 e. The van der Waals surface area contributed by atoms with Gasteiger partial charge in [-0.1, -0.05) is 24.3 Å². The molecular weight excluding hydrogens is 322 g/mol. The van der Waals surface area contributed by atoms with E-state index in [1.165, 1.54) is 0 Å². The maximum atomic E-state index is 9.55. The molecule has 3 aromatic rings. The number of nitrogens with zero attached hydrogens (tertiary/aromatic N) is 3. The lowest BCUT2D eigenvalue weighted by Crippen LogP contribution is -2.35. The van der Waals surface area contributed by atoms with Crippen LogP contribution in [0, 0.1) is 11.3 Å². The first-order valence-corrected chi connectivity index (χ1v) is 9.02. The molecule has 0 N–H and O–H groups in total. The van der Waals surface area contributed by atoms with Gasteiger partial charge in [-0.25, -0.2) is 0 Å². The molecule has 0 aliphatic carbocycles. The predicted octanol–water partition coefficient (Wildman–Crippen LogP) is 4.67. The number of hydrogen-bond acceptors (Lipinski definition) is 4. The minimum atomic E-state index is -0.274. The zero-order valence-electron chi connectivity index (χ0n) is 14.8. The lowest BCUT2D eigenvalue weighted by Gasteiger charge is -2.32. The van der Waals surface area contributed by atoms with Crippen LogP contribution in [0.15, 0.2) is 60.8 Å². The standard InChI is InChI=1S/C22H21N3O/c1-16-6-5-13-25(16)22(20-9-3-2-7-18(20)15-23)26-19-11-10-17-8-4-12-24-21(17)14-19/h2-4,7-12,14,16,22H,5-6,13H2,1H3. The smallest absolute Gasteiger partial charge is 0.180 e. The normalized spacial score (nSPS) is 18.5. The number of nitriles is 1. The summed E-state index contributed by atoms with van der Waals surface area (Å²) in [6.45, 7) is 3.19. The Kier molecular flexibility index (Phi) is 4.55. The van der Waals surface area contributed by atoms with Gasteiger partial charge in [-0.3, -0.25) is 9.88 Å². The van der Waals surface area contributed by atoms with Crippen molar-refractivity contribution in [3.05, 3.63) is 71.9 Å². The third kappa shape index (κ3) is 3.14. The summed E-state index contributed by atoms with van der Waals surface area (Å²) in [5, 5.41) is 10.6. The highest BCUT2D eigenvalue weighted by Crippen LogP contribution is 2.34. The van der Waals surface area contributed by atoms with Gasteiger partial charge < -0.3 is 4.74 Å². The van der Waals surface area contributed by atoms with E-state index in [-0.39, 0.29) is 6.23 Å². The SMILES string of the molecule is CC1CCCN1C(Oc1ccc2cccnc2c1)c1ccccc1C#N.